The molecular weight excluding hydrogens is 499 g/mol. The summed E-state index contributed by atoms with van der Waals surface area (Å²) in [7, 11) is 0. The van der Waals surface area contributed by atoms with Crippen molar-refractivity contribution in [2.45, 2.75) is 45.6 Å². The Morgan fingerprint density at radius 2 is 1.95 bits per heavy atom. The Balaban J connectivity index is 1.69. The molecule has 0 saturated carbocycles. The van der Waals surface area contributed by atoms with Crippen molar-refractivity contribution in [3.05, 3.63) is 47.0 Å². The lowest BCUT2D eigenvalue weighted by atomic mass is 10.0. The van der Waals surface area contributed by atoms with Gasteiger partial charge in [0.15, 0.2) is 5.82 Å². The van der Waals surface area contributed by atoms with Crippen LogP contribution in [0.4, 0.5) is 27.8 Å². The number of carbonyl (C=O) groups excluding carboxylic acids is 2. The molecule has 1 aromatic carbocycles. The third-order valence-electron chi connectivity index (χ3n) is 6.24. The molecule has 1 aliphatic heterocycles. The van der Waals surface area contributed by atoms with Crippen LogP contribution >= 0.6 is 0 Å². The molecule has 0 aliphatic carbocycles. The van der Waals surface area contributed by atoms with Gasteiger partial charge >= 0.3 is 6.18 Å². The van der Waals surface area contributed by atoms with E-state index in [2.05, 4.69) is 15.4 Å². The van der Waals surface area contributed by atoms with Gasteiger partial charge in [0.05, 0.1) is 29.4 Å². The van der Waals surface area contributed by atoms with E-state index < -0.39 is 52.6 Å². The van der Waals surface area contributed by atoms with Crippen molar-refractivity contribution in [1.82, 2.24) is 24.8 Å². The highest BCUT2D eigenvalue weighted by atomic mass is 19.4. The maximum absolute atomic E-state index is 15.7. The van der Waals surface area contributed by atoms with Gasteiger partial charge in [-0.2, -0.15) is 18.3 Å². The number of alkyl halides is 4. The van der Waals surface area contributed by atoms with Crippen LogP contribution in [0.15, 0.2) is 24.5 Å². The first-order chi connectivity index (χ1) is 17.3. The van der Waals surface area contributed by atoms with Crippen LogP contribution in [0.25, 0.3) is 16.8 Å². The normalized spacial score (nSPS) is 18.1. The molecule has 8 nitrogen and oxygen atoms in total. The van der Waals surface area contributed by atoms with E-state index in [0.717, 1.165) is 10.8 Å². The molecule has 0 spiro atoms. The number of carbonyl (C=O) groups is 2. The molecule has 0 bridgehead atoms. The molecule has 1 fully saturated rings. The summed E-state index contributed by atoms with van der Waals surface area (Å²) in [6.07, 6.45) is -5.24. The second kappa shape index (κ2) is 9.60. The van der Waals surface area contributed by atoms with Gasteiger partial charge in [0, 0.05) is 18.5 Å². The molecule has 3 aromatic rings. The van der Waals surface area contributed by atoms with Gasteiger partial charge in [-0.15, -0.1) is 0 Å². The number of fused-ring (bicyclic) bond motifs is 1. The van der Waals surface area contributed by atoms with Crippen LogP contribution < -0.4 is 11.1 Å². The maximum Gasteiger partial charge on any atom is 0.418 e. The number of amides is 2. The Morgan fingerprint density at radius 3 is 2.59 bits per heavy atom. The van der Waals surface area contributed by atoms with Crippen LogP contribution in [-0.4, -0.2) is 56.6 Å². The van der Waals surface area contributed by atoms with Gasteiger partial charge in [-0.1, -0.05) is 19.9 Å². The van der Waals surface area contributed by atoms with Crippen LogP contribution in [0.1, 0.15) is 41.8 Å². The van der Waals surface area contributed by atoms with Crippen LogP contribution in [0, 0.1) is 18.7 Å². The lowest BCUT2D eigenvalue weighted by Gasteiger charge is -2.18. The number of nitrogen functional groups attached to an aromatic ring is 1. The van der Waals surface area contributed by atoms with Crippen LogP contribution in [0.5, 0.6) is 0 Å². The number of likely N-dealkylation sites (tertiary alicyclic amines) is 1. The summed E-state index contributed by atoms with van der Waals surface area (Å²) in [6, 6.07) is 2.21. The Morgan fingerprint density at radius 1 is 1.24 bits per heavy atom. The van der Waals surface area contributed by atoms with E-state index >= 15 is 4.39 Å². The first-order valence-corrected chi connectivity index (χ1v) is 11.5. The molecule has 2 amide bonds. The second-order valence-electron chi connectivity index (χ2n) is 9.46. The number of halogens is 5. The summed E-state index contributed by atoms with van der Waals surface area (Å²) in [5.74, 6) is -2.69. The van der Waals surface area contributed by atoms with E-state index in [9.17, 15) is 27.2 Å². The van der Waals surface area contributed by atoms with E-state index in [1.54, 1.807) is 0 Å². The summed E-state index contributed by atoms with van der Waals surface area (Å²) in [5.41, 5.74) is 3.04. The zero-order valence-corrected chi connectivity index (χ0v) is 20.2. The highest BCUT2D eigenvalue weighted by Crippen LogP contribution is 2.39. The summed E-state index contributed by atoms with van der Waals surface area (Å²) >= 11 is 0. The van der Waals surface area contributed by atoms with Crippen molar-refractivity contribution in [3.8, 4) is 11.3 Å². The number of hydrogen-bond acceptors (Lipinski definition) is 5. The lowest BCUT2D eigenvalue weighted by Crippen LogP contribution is -2.42. The molecule has 4 rings (SSSR count). The van der Waals surface area contributed by atoms with Crippen molar-refractivity contribution in [1.29, 1.82) is 0 Å². The zero-order chi connectivity index (χ0) is 27.2. The van der Waals surface area contributed by atoms with Gasteiger partial charge in [0.1, 0.15) is 23.8 Å². The Labute approximate surface area is 208 Å². The minimum absolute atomic E-state index is 0.0716. The molecule has 1 saturated heterocycles. The monoisotopic (exact) mass is 524 g/mol. The highest BCUT2D eigenvalue weighted by Gasteiger charge is 2.39. The number of nitrogens with zero attached hydrogens (tertiary/aromatic N) is 4. The molecule has 2 aromatic heterocycles. The number of benzene rings is 1. The fourth-order valence-electron chi connectivity index (χ4n) is 4.45. The largest absolute Gasteiger partial charge is 0.418 e. The molecule has 0 radical (unpaired) electrons. The first-order valence-electron chi connectivity index (χ1n) is 11.5. The number of nitrogens with one attached hydrogen (secondary N) is 1. The van der Waals surface area contributed by atoms with Crippen molar-refractivity contribution in [2.24, 2.45) is 5.92 Å². The number of hydrogen-bond donors (Lipinski definition) is 2. The topological polar surface area (TPSA) is 106 Å². The smallest absolute Gasteiger partial charge is 0.382 e. The lowest BCUT2D eigenvalue weighted by molar-refractivity contribution is -0.136. The summed E-state index contributed by atoms with van der Waals surface area (Å²) in [5, 5.41) is 6.24. The van der Waals surface area contributed by atoms with E-state index in [1.807, 2.05) is 13.8 Å². The average Bonchev–Trinajstić information content (AvgIpc) is 3.35. The van der Waals surface area contributed by atoms with Crippen LogP contribution in [0.3, 0.4) is 0 Å². The van der Waals surface area contributed by atoms with Gasteiger partial charge in [0.2, 0.25) is 5.91 Å². The van der Waals surface area contributed by atoms with Gasteiger partial charge in [0.25, 0.3) is 5.91 Å². The Kier molecular flexibility index (Phi) is 6.82. The number of aromatic nitrogens is 3. The standard InChI is InChI=1S/C24H25F5N6O2/c1-11(2)6-18(36)34-8-15(25)16(9-34)33-23(37)19-12(3)4-5-13(20(19)26)17-7-14(24(27,28)29)21-22(30)31-10-32-35(17)21/h4-5,7,10-11,15-16H,6,8-9H2,1-3H3,(H,33,37)(H2,30,31,32)/t15-,16+/m0/s1. The van der Waals surface area contributed by atoms with E-state index in [0.29, 0.717) is 6.07 Å². The maximum atomic E-state index is 15.7. The van der Waals surface area contributed by atoms with Crippen molar-refractivity contribution >= 4 is 23.1 Å². The Bertz CT molecular complexity index is 1370. The zero-order valence-electron chi connectivity index (χ0n) is 20.2. The summed E-state index contributed by atoms with van der Waals surface area (Å²) in [4.78, 5) is 30.3. The Hall–Kier alpha value is -3.77. The number of rotatable bonds is 5. The van der Waals surface area contributed by atoms with Gasteiger partial charge in [-0.05, 0) is 30.5 Å². The molecule has 1 aliphatic rings. The minimum Gasteiger partial charge on any atom is -0.382 e. The first kappa shape index (κ1) is 26.3. The summed E-state index contributed by atoms with van der Waals surface area (Å²) < 4.78 is 72.2. The average molecular weight is 524 g/mol. The van der Waals surface area contributed by atoms with E-state index in [1.165, 1.54) is 24.0 Å². The minimum atomic E-state index is -4.83. The molecule has 0 unspecified atom stereocenters. The van der Waals surface area contributed by atoms with Gasteiger partial charge in [-0.25, -0.2) is 18.3 Å². The number of anilines is 1. The molecule has 13 heteroatoms. The van der Waals surface area contributed by atoms with Crippen molar-refractivity contribution in [2.75, 3.05) is 18.8 Å². The van der Waals surface area contributed by atoms with Crippen molar-refractivity contribution in [3.63, 3.8) is 0 Å². The van der Waals surface area contributed by atoms with Crippen LogP contribution in [0.2, 0.25) is 0 Å². The van der Waals surface area contributed by atoms with E-state index in [-0.39, 0.29) is 48.2 Å². The predicted octanol–water partition coefficient (Wildman–Crippen LogP) is 3.77. The molecule has 198 valence electrons. The molecule has 3 heterocycles. The molecule has 3 N–H and O–H groups in total. The summed E-state index contributed by atoms with van der Waals surface area (Å²) in [6.45, 7) is 4.87. The fourth-order valence-corrected chi connectivity index (χ4v) is 4.45. The van der Waals surface area contributed by atoms with E-state index in [4.69, 9.17) is 5.73 Å². The molecule has 2 atom stereocenters. The second-order valence-corrected chi connectivity index (χ2v) is 9.46. The predicted molar refractivity (Wildman–Crippen MR) is 125 cm³/mol. The van der Waals surface area contributed by atoms with Crippen molar-refractivity contribution < 1.29 is 31.5 Å². The van der Waals surface area contributed by atoms with Crippen LogP contribution in [-0.2, 0) is 11.0 Å². The quantitative estimate of drug-likeness (QED) is 0.495. The molecule has 37 heavy (non-hydrogen) atoms. The third kappa shape index (κ3) is 4.94. The van der Waals surface area contributed by atoms with Gasteiger partial charge < -0.3 is 16.0 Å². The number of aryl methyl sites for hydroxylation is 1. The van der Waals surface area contributed by atoms with Gasteiger partial charge in [-0.3, -0.25) is 9.59 Å². The SMILES string of the molecule is Cc1ccc(-c2cc(C(F)(F)F)c3c(N)ncnn23)c(F)c1C(=O)N[C@@H]1CN(C(=O)CC(C)C)C[C@@H]1F. The fraction of sp³-hybridized carbons (Fsp3) is 0.417. The molecular formula is C24H25F5N6O2. The number of nitrogens with two attached hydrogens (primary N) is 1. The third-order valence-corrected chi connectivity index (χ3v) is 6.24. The highest BCUT2D eigenvalue weighted by molar-refractivity contribution is 5.98.